The number of aromatic nitrogens is 2. The average Bonchev–Trinajstić information content (AvgIpc) is 2.85. The van der Waals surface area contributed by atoms with Crippen molar-refractivity contribution in [2.24, 2.45) is 11.7 Å². The number of hydrogen-bond acceptors (Lipinski definition) is 4. The van der Waals surface area contributed by atoms with Gasteiger partial charge in [-0.2, -0.15) is 5.10 Å². The molecule has 0 aliphatic carbocycles. The first kappa shape index (κ1) is 16.5. The summed E-state index contributed by atoms with van der Waals surface area (Å²) >= 11 is 0. The molecule has 2 N–H and O–H groups in total. The van der Waals surface area contributed by atoms with Crippen molar-refractivity contribution in [3.8, 4) is 0 Å². The fourth-order valence-corrected chi connectivity index (χ4v) is 3.74. The van der Waals surface area contributed by atoms with Crippen LogP contribution >= 0.6 is 0 Å². The Kier molecular flexibility index (Phi) is 5.40. The van der Waals surface area contributed by atoms with E-state index in [1.807, 2.05) is 17.1 Å². The van der Waals surface area contributed by atoms with Crippen LogP contribution in [0.3, 0.4) is 0 Å². The van der Waals surface area contributed by atoms with Gasteiger partial charge in [0, 0.05) is 31.9 Å². The summed E-state index contributed by atoms with van der Waals surface area (Å²) in [6, 6.07) is 0.179. The number of piperidine rings is 1. The molecular formula is C14H26N4O2S. The molecule has 0 amide bonds. The third-order valence-corrected chi connectivity index (χ3v) is 5.37. The quantitative estimate of drug-likeness (QED) is 0.843. The van der Waals surface area contributed by atoms with Gasteiger partial charge in [-0.05, 0) is 37.2 Å². The lowest BCUT2D eigenvalue weighted by Gasteiger charge is -2.30. The van der Waals surface area contributed by atoms with Crippen molar-refractivity contribution in [1.82, 2.24) is 14.1 Å². The van der Waals surface area contributed by atoms with Crippen molar-refractivity contribution in [3.63, 3.8) is 0 Å². The molecule has 7 heteroatoms. The van der Waals surface area contributed by atoms with Gasteiger partial charge in [0.1, 0.15) is 0 Å². The molecule has 120 valence electrons. The Morgan fingerprint density at radius 1 is 1.52 bits per heavy atom. The van der Waals surface area contributed by atoms with E-state index in [9.17, 15) is 8.42 Å². The second kappa shape index (κ2) is 6.89. The fraction of sp³-hybridized carbons (Fsp3) is 0.786. The molecule has 1 aromatic heterocycles. The highest BCUT2D eigenvalue weighted by molar-refractivity contribution is 7.88. The zero-order chi connectivity index (χ0) is 15.5. The lowest BCUT2D eigenvalue weighted by molar-refractivity contribution is 0.240. The Morgan fingerprint density at radius 2 is 2.29 bits per heavy atom. The largest absolute Gasteiger partial charge is 0.327 e. The SMILES string of the molecule is CCC(N)Cc1cnn(CC2CCCN(S(C)(=O)=O)C2)c1. The van der Waals surface area contributed by atoms with Gasteiger partial charge in [0.2, 0.25) is 10.0 Å². The van der Waals surface area contributed by atoms with E-state index in [2.05, 4.69) is 12.0 Å². The van der Waals surface area contributed by atoms with Crippen molar-refractivity contribution in [2.45, 2.75) is 45.2 Å². The third-order valence-electron chi connectivity index (χ3n) is 4.10. The molecule has 2 rings (SSSR count). The van der Waals surface area contributed by atoms with Crippen molar-refractivity contribution >= 4 is 10.0 Å². The van der Waals surface area contributed by atoms with Gasteiger partial charge < -0.3 is 5.73 Å². The summed E-state index contributed by atoms with van der Waals surface area (Å²) in [6.07, 6.45) is 8.96. The molecule has 0 radical (unpaired) electrons. The van der Waals surface area contributed by atoms with Crippen LogP contribution in [0.5, 0.6) is 0 Å². The topological polar surface area (TPSA) is 81.2 Å². The number of nitrogens with two attached hydrogens (primary N) is 1. The Hall–Kier alpha value is -0.920. The van der Waals surface area contributed by atoms with Gasteiger partial charge in [0.05, 0.1) is 12.5 Å². The molecule has 21 heavy (non-hydrogen) atoms. The number of sulfonamides is 1. The predicted octanol–water partition coefficient (Wildman–Crippen LogP) is 0.835. The smallest absolute Gasteiger partial charge is 0.211 e. The van der Waals surface area contributed by atoms with Crippen LogP contribution in [0.25, 0.3) is 0 Å². The Bertz CT molecular complexity index is 555. The van der Waals surface area contributed by atoms with Crippen molar-refractivity contribution in [2.75, 3.05) is 19.3 Å². The van der Waals surface area contributed by atoms with Crippen LogP contribution < -0.4 is 5.73 Å². The summed E-state index contributed by atoms with van der Waals surface area (Å²) in [7, 11) is -3.08. The Morgan fingerprint density at radius 3 is 2.95 bits per heavy atom. The Labute approximate surface area is 127 Å². The van der Waals surface area contributed by atoms with E-state index in [0.717, 1.165) is 37.8 Å². The molecule has 1 aliphatic rings. The highest BCUT2D eigenvalue weighted by Gasteiger charge is 2.26. The minimum absolute atomic E-state index is 0.179. The zero-order valence-electron chi connectivity index (χ0n) is 12.9. The van der Waals surface area contributed by atoms with Crippen molar-refractivity contribution in [3.05, 3.63) is 18.0 Å². The van der Waals surface area contributed by atoms with E-state index in [0.29, 0.717) is 19.0 Å². The molecule has 0 saturated carbocycles. The molecular weight excluding hydrogens is 288 g/mol. The molecule has 6 nitrogen and oxygen atoms in total. The lowest BCUT2D eigenvalue weighted by Crippen LogP contribution is -2.40. The van der Waals surface area contributed by atoms with Gasteiger partial charge in [-0.25, -0.2) is 12.7 Å². The van der Waals surface area contributed by atoms with E-state index in [4.69, 9.17) is 5.73 Å². The number of hydrogen-bond donors (Lipinski definition) is 1. The maximum Gasteiger partial charge on any atom is 0.211 e. The average molecular weight is 314 g/mol. The maximum absolute atomic E-state index is 11.6. The van der Waals surface area contributed by atoms with Crippen LogP contribution in [-0.4, -0.2) is 47.9 Å². The van der Waals surface area contributed by atoms with E-state index >= 15 is 0 Å². The fourth-order valence-electron chi connectivity index (χ4n) is 2.80. The van der Waals surface area contributed by atoms with Crippen molar-refractivity contribution < 1.29 is 8.42 Å². The van der Waals surface area contributed by atoms with Gasteiger partial charge >= 0.3 is 0 Å². The van der Waals surface area contributed by atoms with E-state index in [1.54, 1.807) is 4.31 Å². The van der Waals surface area contributed by atoms with Crippen LogP contribution in [-0.2, 0) is 23.0 Å². The zero-order valence-corrected chi connectivity index (χ0v) is 13.7. The highest BCUT2D eigenvalue weighted by Crippen LogP contribution is 2.20. The first-order valence-electron chi connectivity index (χ1n) is 7.60. The first-order chi connectivity index (χ1) is 9.88. The summed E-state index contributed by atoms with van der Waals surface area (Å²) in [6.45, 7) is 4.10. The van der Waals surface area contributed by atoms with Gasteiger partial charge in [-0.1, -0.05) is 6.92 Å². The van der Waals surface area contributed by atoms with Crippen LogP contribution in [0, 0.1) is 5.92 Å². The summed E-state index contributed by atoms with van der Waals surface area (Å²) < 4.78 is 26.8. The summed E-state index contributed by atoms with van der Waals surface area (Å²) in [4.78, 5) is 0. The predicted molar refractivity (Wildman–Crippen MR) is 83.3 cm³/mol. The van der Waals surface area contributed by atoms with E-state index in [1.165, 1.54) is 6.26 Å². The molecule has 0 aromatic carbocycles. The normalized spacial score (nSPS) is 22.3. The minimum atomic E-state index is -3.08. The van der Waals surface area contributed by atoms with Gasteiger partial charge in [0.25, 0.3) is 0 Å². The van der Waals surface area contributed by atoms with E-state index in [-0.39, 0.29) is 6.04 Å². The monoisotopic (exact) mass is 314 g/mol. The van der Waals surface area contributed by atoms with Crippen LogP contribution in [0.2, 0.25) is 0 Å². The summed E-state index contributed by atoms with van der Waals surface area (Å²) in [5.74, 6) is 0.334. The molecule has 1 fully saturated rings. The maximum atomic E-state index is 11.6. The van der Waals surface area contributed by atoms with Crippen molar-refractivity contribution in [1.29, 1.82) is 0 Å². The Balaban J connectivity index is 1.92. The second-order valence-electron chi connectivity index (χ2n) is 6.07. The third kappa shape index (κ3) is 4.79. The molecule has 0 spiro atoms. The van der Waals surface area contributed by atoms with Crippen LogP contribution in [0.1, 0.15) is 31.7 Å². The van der Waals surface area contributed by atoms with E-state index < -0.39 is 10.0 Å². The highest BCUT2D eigenvalue weighted by atomic mass is 32.2. The van der Waals surface area contributed by atoms with Gasteiger partial charge in [-0.15, -0.1) is 0 Å². The summed E-state index contributed by atoms with van der Waals surface area (Å²) in [5, 5.41) is 4.38. The standard InChI is InChI=1S/C14H26N4O2S/c1-3-14(15)7-13-8-16-17(10-13)9-12-5-4-6-18(11-12)21(2,19)20/h8,10,12,14H,3-7,9,11,15H2,1-2H3. The molecule has 1 aromatic rings. The van der Waals surface area contributed by atoms with Crippen LogP contribution in [0.4, 0.5) is 0 Å². The molecule has 1 saturated heterocycles. The molecule has 0 bridgehead atoms. The number of rotatable bonds is 6. The number of nitrogens with zero attached hydrogens (tertiary/aromatic N) is 3. The molecule has 2 atom stereocenters. The second-order valence-corrected chi connectivity index (χ2v) is 8.05. The van der Waals surface area contributed by atoms with Gasteiger partial charge in [-0.3, -0.25) is 4.68 Å². The summed E-state index contributed by atoms with van der Waals surface area (Å²) in [5.41, 5.74) is 7.11. The van der Waals surface area contributed by atoms with Gasteiger partial charge in [0.15, 0.2) is 0 Å². The molecule has 1 aliphatic heterocycles. The van der Waals surface area contributed by atoms with Crippen LogP contribution in [0.15, 0.2) is 12.4 Å². The minimum Gasteiger partial charge on any atom is -0.327 e. The lowest BCUT2D eigenvalue weighted by atomic mass is 10.00. The molecule has 2 unspecified atom stereocenters. The first-order valence-corrected chi connectivity index (χ1v) is 9.45. The molecule has 2 heterocycles.